The van der Waals surface area contributed by atoms with Gasteiger partial charge in [-0.05, 0) is 49.6 Å². The van der Waals surface area contributed by atoms with Crippen LogP contribution in [0.4, 0.5) is 5.69 Å². The Hall–Kier alpha value is -2.68. The number of hydrogen-bond acceptors (Lipinski definition) is 5. The van der Waals surface area contributed by atoms with Crippen LogP contribution in [0.3, 0.4) is 0 Å². The summed E-state index contributed by atoms with van der Waals surface area (Å²) < 4.78 is 27.0. The summed E-state index contributed by atoms with van der Waals surface area (Å²) in [5.41, 5.74) is 2.69. The van der Waals surface area contributed by atoms with Crippen molar-refractivity contribution >= 4 is 33.4 Å². The van der Waals surface area contributed by atoms with Crippen LogP contribution < -0.4 is 5.32 Å². The van der Waals surface area contributed by atoms with E-state index in [1.807, 2.05) is 61.5 Å². The number of aryl methyl sites for hydroxylation is 1. The van der Waals surface area contributed by atoms with Gasteiger partial charge in [-0.1, -0.05) is 59.8 Å². The zero-order valence-electron chi connectivity index (χ0n) is 17.8. The fourth-order valence-corrected chi connectivity index (χ4v) is 5.96. The van der Waals surface area contributed by atoms with Crippen LogP contribution in [0.2, 0.25) is 0 Å². The highest BCUT2D eigenvalue weighted by Gasteiger charge is 2.28. The third kappa shape index (κ3) is 5.20. The minimum Gasteiger partial charge on any atom is -0.325 e. The third-order valence-electron chi connectivity index (χ3n) is 5.31. The molecular formula is C24H25N3O3S2. The van der Waals surface area contributed by atoms with Gasteiger partial charge in [-0.25, -0.2) is 13.4 Å². The van der Waals surface area contributed by atoms with Crippen LogP contribution in [0.5, 0.6) is 0 Å². The van der Waals surface area contributed by atoms with Crippen molar-refractivity contribution in [3.05, 3.63) is 84.1 Å². The lowest BCUT2D eigenvalue weighted by Gasteiger charge is -2.18. The maximum absolute atomic E-state index is 13.1. The molecule has 1 N–H and O–H groups in total. The molecule has 0 bridgehead atoms. The number of aromatic nitrogens is 1. The van der Waals surface area contributed by atoms with Gasteiger partial charge in [-0.15, -0.1) is 0 Å². The number of carbonyl (C=O) groups is 1. The number of benzene rings is 2. The second-order valence-corrected chi connectivity index (χ2v) is 10.8. The van der Waals surface area contributed by atoms with Crippen LogP contribution in [-0.4, -0.2) is 36.7 Å². The molecule has 2 aromatic carbocycles. The summed E-state index contributed by atoms with van der Waals surface area (Å²) in [6.07, 6.45) is 3.15. The Balaban J connectivity index is 1.54. The smallest absolute Gasteiger partial charge is 0.244 e. The number of pyridine rings is 1. The van der Waals surface area contributed by atoms with E-state index >= 15 is 0 Å². The predicted molar refractivity (Wildman–Crippen MR) is 127 cm³/mol. The van der Waals surface area contributed by atoms with Crippen LogP contribution in [0.15, 0.2) is 82.8 Å². The fraction of sp³-hybridized carbons (Fsp3) is 0.250. The van der Waals surface area contributed by atoms with Crippen molar-refractivity contribution in [1.29, 1.82) is 0 Å². The predicted octanol–water partition coefficient (Wildman–Crippen LogP) is 4.65. The number of carbonyl (C=O) groups excluding carboxylic acids is 1. The lowest BCUT2D eigenvalue weighted by molar-refractivity contribution is -0.115. The molecule has 0 spiro atoms. The van der Waals surface area contributed by atoms with Crippen molar-refractivity contribution in [2.24, 2.45) is 0 Å². The van der Waals surface area contributed by atoms with Crippen molar-refractivity contribution in [2.75, 3.05) is 18.4 Å². The van der Waals surface area contributed by atoms with Crippen molar-refractivity contribution in [3.63, 3.8) is 0 Å². The minimum absolute atomic E-state index is 0.166. The molecule has 1 fully saturated rings. The fourth-order valence-electron chi connectivity index (χ4n) is 3.53. The van der Waals surface area contributed by atoms with Crippen molar-refractivity contribution in [1.82, 2.24) is 9.29 Å². The maximum Gasteiger partial charge on any atom is 0.244 e. The molecule has 1 aromatic heterocycles. The molecule has 1 aliphatic rings. The molecule has 8 heteroatoms. The number of anilines is 1. The van der Waals surface area contributed by atoms with Crippen LogP contribution in [0.1, 0.15) is 29.2 Å². The van der Waals surface area contributed by atoms with E-state index in [9.17, 15) is 13.2 Å². The summed E-state index contributed by atoms with van der Waals surface area (Å²) in [6, 6.07) is 20.4. The van der Waals surface area contributed by atoms with Crippen molar-refractivity contribution in [2.45, 2.75) is 34.9 Å². The third-order valence-corrected chi connectivity index (χ3v) is 8.40. The summed E-state index contributed by atoms with van der Waals surface area (Å²) in [5, 5.41) is 3.02. The largest absolute Gasteiger partial charge is 0.325 e. The highest BCUT2D eigenvalue weighted by atomic mass is 32.2. The van der Waals surface area contributed by atoms with Gasteiger partial charge in [0.25, 0.3) is 0 Å². The molecule has 1 aliphatic heterocycles. The molecule has 1 saturated heterocycles. The zero-order chi connectivity index (χ0) is 22.6. The second-order valence-electron chi connectivity index (χ2n) is 7.71. The van der Waals surface area contributed by atoms with Crippen molar-refractivity contribution in [3.8, 4) is 0 Å². The zero-order valence-corrected chi connectivity index (χ0v) is 19.4. The van der Waals surface area contributed by atoms with E-state index < -0.39 is 15.3 Å². The molecule has 2 heterocycles. The van der Waals surface area contributed by atoms with Gasteiger partial charge in [0.15, 0.2) is 0 Å². The first kappa shape index (κ1) is 22.5. The monoisotopic (exact) mass is 467 g/mol. The maximum atomic E-state index is 13.1. The first-order valence-electron chi connectivity index (χ1n) is 10.5. The Labute approximate surface area is 193 Å². The van der Waals surface area contributed by atoms with Gasteiger partial charge >= 0.3 is 0 Å². The van der Waals surface area contributed by atoms with E-state index in [0.717, 1.165) is 29.7 Å². The summed E-state index contributed by atoms with van der Waals surface area (Å²) in [6.45, 7) is 3.09. The van der Waals surface area contributed by atoms with E-state index in [0.29, 0.717) is 18.1 Å². The summed E-state index contributed by atoms with van der Waals surface area (Å²) in [5.74, 6) is -0.166. The summed E-state index contributed by atoms with van der Waals surface area (Å²) in [7, 11) is -3.51. The number of nitrogens with zero attached hydrogens (tertiary/aromatic N) is 2. The number of sulfonamides is 1. The normalized spacial score (nSPS) is 15.4. The standard InChI is InChI=1S/C24H25N3O3S2/c1-18-9-11-20(12-10-18)26-24(28)23(19-7-3-2-4-8-19)31-22-14-13-21(17-25-22)32(29,30)27-15-5-6-16-27/h2-4,7-14,17,23H,5-6,15-16H2,1H3,(H,26,28). The number of nitrogens with one attached hydrogen (secondary N) is 1. The Morgan fingerprint density at radius 2 is 1.69 bits per heavy atom. The van der Waals surface area contributed by atoms with Crippen LogP contribution >= 0.6 is 11.8 Å². The topological polar surface area (TPSA) is 79.4 Å². The molecule has 0 saturated carbocycles. The first-order chi connectivity index (χ1) is 15.4. The average Bonchev–Trinajstić information content (AvgIpc) is 3.36. The van der Waals surface area contributed by atoms with E-state index in [1.54, 1.807) is 12.1 Å². The highest BCUT2D eigenvalue weighted by Crippen LogP contribution is 2.35. The lowest BCUT2D eigenvalue weighted by Crippen LogP contribution is -2.27. The quantitative estimate of drug-likeness (QED) is 0.512. The molecule has 6 nitrogen and oxygen atoms in total. The molecule has 1 atom stereocenters. The molecular weight excluding hydrogens is 442 g/mol. The Morgan fingerprint density at radius 3 is 2.31 bits per heavy atom. The van der Waals surface area contributed by atoms with Gasteiger partial charge in [0, 0.05) is 25.0 Å². The van der Waals surface area contributed by atoms with E-state index in [1.165, 1.54) is 22.3 Å². The first-order valence-corrected chi connectivity index (χ1v) is 12.8. The number of rotatable bonds is 7. The van der Waals surface area contributed by atoms with Crippen LogP contribution in [-0.2, 0) is 14.8 Å². The molecule has 0 radical (unpaired) electrons. The van der Waals surface area contributed by atoms with Crippen molar-refractivity contribution < 1.29 is 13.2 Å². The average molecular weight is 468 g/mol. The SMILES string of the molecule is Cc1ccc(NC(=O)C(Sc2ccc(S(=O)(=O)N3CCCC3)cn2)c2ccccc2)cc1. The molecule has 166 valence electrons. The number of amides is 1. The van der Waals surface area contributed by atoms with E-state index in [-0.39, 0.29) is 10.8 Å². The lowest BCUT2D eigenvalue weighted by atomic mass is 10.1. The number of hydrogen-bond donors (Lipinski definition) is 1. The molecule has 1 amide bonds. The molecule has 32 heavy (non-hydrogen) atoms. The highest BCUT2D eigenvalue weighted by molar-refractivity contribution is 8.00. The van der Waals surface area contributed by atoms with Gasteiger partial charge in [0.05, 0.1) is 5.03 Å². The molecule has 3 aromatic rings. The molecule has 0 aliphatic carbocycles. The molecule has 4 rings (SSSR count). The van der Waals surface area contributed by atoms with Crippen LogP contribution in [0.25, 0.3) is 0 Å². The summed E-state index contributed by atoms with van der Waals surface area (Å²) >= 11 is 1.29. The van der Waals surface area contributed by atoms with Gasteiger partial charge < -0.3 is 5.32 Å². The Morgan fingerprint density at radius 1 is 1.00 bits per heavy atom. The Kier molecular flexibility index (Phi) is 6.93. The minimum atomic E-state index is -3.51. The van der Waals surface area contributed by atoms with Gasteiger partial charge in [-0.3, -0.25) is 4.79 Å². The van der Waals surface area contributed by atoms with Gasteiger partial charge in [-0.2, -0.15) is 4.31 Å². The number of thioether (sulfide) groups is 1. The second kappa shape index (κ2) is 9.85. The van der Waals surface area contributed by atoms with E-state index in [2.05, 4.69) is 10.3 Å². The van der Waals surface area contributed by atoms with Crippen LogP contribution in [0, 0.1) is 6.92 Å². The molecule has 1 unspecified atom stereocenters. The van der Waals surface area contributed by atoms with Gasteiger partial charge in [0.2, 0.25) is 15.9 Å². The Bertz CT molecular complexity index is 1160. The van der Waals surface area contributed by atoms with E-state index in [4.69, 9.17) is 0 Å². The van der Waals surface area contributed by atoms with Gasteiger partial charge in [0.1, 0.15) is 10.1 Å². The summed E-state index contributed by atoms with van der Waals surface area (Å²) in [4.78, 5) is 17.7.